The summed E-state index contributed by atoms with van der Waals surface area (Å²) in [6, 6.07) is 7.92. The minimum atomic E-state index is 0.667. The Labute approximate surface area is 99.2 Å². The van der Waals surface area contributed by atoms with Gasteiger partial charge < -0.3 is 5.21 Å². The number of hydrogen-bond acceptors (Lipinski definition) is 4. The molecule has 15 heavy (non-hydrogen) atoms. The normalized spacial score (nSPS) is 11.0. The first-order valence-corrected chi connectivity index (χ1v) is 5.86. The fourth-order valence-electron chi connectivity index (χ4n) is 1.13. The van der Waals surface area contributed by atoms with E-state index < -0.39 is 0 Å². The van der Waals surface area contributed by atoms with Gasteiger partial charge in [0, 0.05) is 15.4 Å². The highest BCUT2D eigenvalue weighted by Gasteiger charge is 2.02. The van der Waals surface area contributed by atoms with Gasteiger partial charge in [0.05, 0.1) is 11.9 Å². The maximum absolute atomic E-state index is 8.36. The van der Waals surface area contributed by atoms with Crippen LogP contribution in [0.2, 0.25) is 0 Å². The standard InChI is InChI=1S/C10H7BrN2OS/c11-8-3-1-7(2-4-8)10-13-9(5-12-14)6-15-10/h1-6,14H/b12-5+. The van der Waals surface area contributed by atoms with Crippen molar-refractivity contribution >= 4 is 33.5 Å². The molecule has 0 saturated carbocycles. The van der Waals surface area contributed by atoms with E-state index in [1.807, 2.05) is 29.6 Å². The Hall–Kier alpha value is -1.20. The van der Waals surface area contributed by atoms with E-state index in [2.05, 4.69) is 26.1 Å². The smallest absolute Gasteiger partial charge is 0.124 e. The minimum absolute atomic E-state index is 0.667. The Bertz CT molecular complexity index is 478. The van der Waals surface area contributed by atoms with Crippen LogP contribution in [0.1, 0.15) is 5.69 Å². The van der Waals surface area contributed by atoms with Gasteiger partial charge in [-0.3, -0.25) is 0 Å². The first-order chi connectivity index (χ1) is 7.29. The fourth-order valence-corrected chi connectivity index (χ4v) is 2.17. The van der Waals surface area contributed by atoms with Crippen LogP contribution in [0.3, 0.4) is 0 Å². The molecule has 0 bridgehead atoms. The van der Waals surface area contributed by atoms with Crippen molar-refractivity contribution in [2.24, 2.45) is 5.16 Å². The zero-order chi connectivity index (χ0) is 10.7. The van der Waals surface area contributed by atoms with Crippen molar-refractivity contribution in [3.8, 4) is 10.6 Å². The molecular formula is C10H7BrN2OS. The summed E-state index contributed by atoms with van der Waals surface area (Å²) in [5.41, 5.74) is 1.72. The van der Waals surface area contributed by atoms with Gasteiger partial charge in [0.2, 0.25) is 0 Å². The first kappa shape index (κ1) is 10.3. The van der Waals surface area contributed by atoms with E-state index in [0.717, 1.165) is 15.0 Å². The summed E-state index contributed by atoms with van der Waals surface area (Å²) in [6.45, 7) is 0. The second kappa shape index (κ2) is 4.55. The van der Waals surface area contributed by atoms with E-state index >= 15 is 0 Å². The number of benzene rings is 1. The van der Waals surface area contributed by atoms with E-state index in [1.165, 1.54) is 17.6 Å². The molecule has 0 unspecified atom stereocenters. The molecule has 76 valence electrons. The summed E-state index contributed by atoms with van der Waals surface area (Å²) >= 11 is 4.90. The Kier molecular flexibility index (Phi) is 3.13. The predicted molar refractivity (Wildman–Crippen MR) is 64.6 cm³/mol. The Balaban J connectivity index is 2.33. The van der Waals surface area contributed by atoms with Crippen LogP contribution in [0.25, 0.3) is 10.6 Å². The third-order valence-corrected chi connectivity index (χ3v) is 3.24. The van der Waals surface area contributed by atoms with Crippen LogP contribution < -0.4 is 0 Å². The van der Waals surface area contributed by atoms with Gasteiger partial charge in [-0.1, -0.05) is 33.2 Å². The van der Waals surface area contributed by atoms with Crippen molar-refractivity contribution < 1.29 is 5.21 Å². The molecule has 1 aromatic carbocycles. The predicted octanol–water partition coefficient (Wildman–Crippen LogP) is 3.38. The maximum Gasteiger partial charge on any atom is 0.124 e. The molecule has 0 radical (unpaired) electrons. The SMILES string of the molecule is O/N=C/c1csc(-c2ccc(Br)cc2)n1. The zero-order valence-corrected chi connectivity index (χ0v) is 9.99. The molecule has 0 atom stereocenters. The molecule has 0 saturated heterocycles. The number of rotatable bonds is 2. The highest BCUT2D eigenvalue weighted by atomic mass is 79.9. The van der Waals surface area contributed by atoms with Crippen LogP contribution in [0, 0.1) is 0 Å². The summed E-state index contributed by atoms with van der Waals surface area (Å²) in [5, 5.41) is 14.1. The van der Waals surface area contributed by atoms with Crippen molar-refractivity contribution in [2.75, 3.05) is 0 Å². The van der Waals surface area contributed by atoms with Crippen molar-refractivity contribution in [2.45, 2.75) is 0 Å². The number of oxime groups is 1. The third kappa shape index (κ3) is 2.43. The zero-order valence-electron chi connectivity index (χ0n) is 7.59. The summed E-state index contributed by atoms with van der Waals surface area (Å²) in [4.78, 5) is 4.29. The van der Waals surface area contributed by atoms with Crippen molar-refractivity contribution in [1.29, 1.82) is 0 Å². The number of nitrogens with zero attached hydrogens (tertiary/aromatic N) is 2. The molecule has 1 aromatic heterocycles. The monoisotopic (exact) mass is 282 g/mol. The molecule has 1 N–H and O–H groups in total. The maximum atomic E-state index is 8.36. The summed E-state index contributed by atoms with van der Waals surface area (Å²) in [7, 11) is 0. The van der Waals surface area contributed by atoms with Crippen LogP contribution in [0.5, 0.6) is 0 Å². The molecule has 2 aromatic rings. The largest absolute Gasteiger partial charge is 0.411 e. The molecular weight excluding hydrogens is 276 g/mol. The van der Waals surface area contributed by atoms with Gasteiger partial charge in [-0.15, -0.1) is 11.3 Å². The number of halogens is 1. The average Bonchev–Trinajstić information content (AvgIpc) is 2.68. The Morgan fingerprint density at radius 2 is 2.07 bits per heavy atom. The minimum Gasteiger partial charge on any atom is -0.411 e. The van der Waals surface area contributed by atoms with Gasteiger partial charge in [-0.2, -0.15) is 0 Å². The molecule has 0 aliphatic carbocycles. The lowest BCUT2D eigenvalue weighted by molar-refractivity contribution is 0.321. The topological polar surface area (TPSA) is 45.5 Å². The fraction of sp³-hybridized carbons (Fsp3) is 0. The molecule has 3 nitrogen and oxygen atoms in total. The molecule has 5 heteroatoms. The number of thiazole rings is 1. The van der Waals surface area contributed by atoms with Crippen molar-refractivity contribution in [3.05, 3.63) is 39.8 Å². The number of hydrogen-bond donors (Lipinski definition) is 1. The molecule has 2 rings (SSSR count). The van der Waals surface area contributed by atoms with E-state index in [4.69, 9.17) is 5.21 Å². The average molecular weight is 283 g/mol. The van der Waals surface area contributed by atoms with E-state index in [9.17, 15) is 0 Å². The van der Waals surface area contributed by atoms with Gasteiger partial charge in [0.15, 0.2) is 0 Å². The van der Waals surface area contributed by atoms with Crippen LogP contribution >= 0.6 is 27.3 Å². The van der Waals surface area contributed by atoms with Crippen LogP contribution in [-0.2, 0) is 0 Å². The Morgan fingerprint density at radius 3 is 2.73 bits per heavy atom. The quantitative estimate of drug-likeness (QED) is 0.521. The second-order valence-electron chi connectivity index (χ2n) is 2.83. The van der Waals surface area contributed by atoms with Crippen molar-refractivity contribution in [3.63, 3.8) is 0 Å². The van der Waals surface area contributed by atoms with E-state index in [0.29, 0.717) is 5.69 Å². The lowest BCUT2D eigenvalue weighted by atomic mass is 10.2. The van der Waals surface area contributed by atoms with Crippen molar-refractivity contribution in [1.82, 2.24) is 4.98 Å². The molecule has 1 heterocycles. The lowest BCUT2D eigenvalue weighted by Gasteiger charge is -1.95. The molecule has 0 amide bonds. The van der Waals surface area contributed by atoms with Gasteiger partial charge >= 0.3 is 0 Å². The van der Waals surface area contributed by atoms with Gasteiger partial charge in [0.1, 0.15) is 5.01 Å². The van der Waals surface area contributed by atoms with Crippen LogP contribution in [0.4, 0.5) is 0 Å². The molecule has 0 fully saturated rings. The molecule has 0 aliphatic rings. The summed E-state index contributed by atoms with van der Waals surface area (Å²) in [6.07, 6.45) is 1.32. The van der Waals surface area contributed by atoms with Gasteiger partial charge in [0.25, 0.3) is 0 Å². The first-order valence-electron chi connectivity index (χ1n) is 4.18. The highest BCUT2D eigenvalue weighted by Crippen LogP contribution is 2.24. The van der Waals surface area contributed by atoms with Gasteiger partial charge in [-0.25, -0.2) is 4.98 Å². The van der Waals surface area contributed by atoms with E-state index in [-0.39, 0.29) is 0 Å². The second-order valence-corrected chi connectivity index (χ2v) is 4.60. The summed E-state index contributed by atoms with van der Waals surface area (Å²) < 4.78 is 1.04. The number of aromatic nitrogens is 1. The molecule has 0 aliphatic heterocycles. The Morgan fingerprint density at radius 1 is 1.33 bits per heavy atom. The van der Waals surface area contributed by atoms with Gasteiger partial charge in [-0.05, 0) is 12.1 Å². The molecule has 0 spiro atoms. The van der Waals surface area contributed by atoms with Crippen LogP contribution in [-0.4, -0.2) is 16.4 Å². The van der Waals surface area contributed by atoms with E-state index in [1.54, 1.807) is 0 Å². The highest BCUT2D eigenvalue weighted by molar-refractivity contribution is 9.10. The van der Waals surface area contributed by atoms with Crippen LogP contribution in [0.15, 0.2) is 39.3 Å². The summed E-state index contributed by atoms with van der Waals surface area (Å²) in [5.74, 6) is 0. The lowest BCUT2D eigenvalue weighted by Crippen LogP contribution is -1.81. The third-order valence-electron chi connectivity index (χ3n) is 1.80.